The molecule has 0 fully saturated rings. The summed E-state index contributed by atoms with van der Waals surface area (Å²) in [5.41, 5.74) is 7.28. The third kappa shape index (κ3) is 2.58. The van der Waals surface area contributed by atoms with E-state index >= 15 is 0 Å². The van der Waals surface area contributed by atoms with Crippen molar-refractivity contribution < 1.29 is 4.52 Å². The largest absolute Gasteiger partial charge is 0.397 e. The Kier molecular flexibility index (Phi) is 3.76. The molecule has 1 aromatic heterocycles. The SMILES string of the molecule is Nc1c(Cl)ccc(Cl)c1-c1nc(-c2ccccc2Cl)no1. The van der Waals surface area contributed by atoms with Crippen LogP contribution in [0.4, 0.5) is 5.69 Å². The Hall–Kier alpha value is -1.75. The summed E-state index contributed by atoms with van der Waals surface area (Å²) in [5, 5.41) is 5.18. The first-order chi connectivity index (χ1) is 10.1. The molecule has 21 heavy (non-hydrogen) atoms. The number of hydrogen-bond donors (Lipinski definition) is 1. The molecule has 0 amide bonds. The summed E-state index contributed by atoms with van der Waals surface area (Å²) in [5.74, 6) is 0.543. The zero-order valence-electron chi connectivity index (χ0n) is 10.5. The van der Waals surface area contributed by atoms with Crippen molar-refractivity contribution in [3.8, 4) is 22.8 Å². The second kappa shape index (κ2) is 5.56. The lowest BCUT2D eigenvalue weighted by atomic mass is 10.1. The molecule has 0 atom stereocenters. The molecule has 0 saturated carbocycles. The van der Waals surface area contributed by atoms with Gasteiger partial charge in [0, 0.05) is 5.56 Å². The van der Waals surface area contributed by atoms with Gasteiger partial charge in [0.05, 0.1) is 26.3 Å². The van der Waals surface area contributed by atoms with Crippen molar-refractivity contribution in [2.75, 3.05) is 5.73 Å². The zero-order chi connectivity index (χ0) is 15.0. The van der Waals surface area contributed by atoms with Gasteiger partial charge in [-0.25, -0.2) is 0 Å². The first kappa shape index (κ1) is 14.2. The van der Waals surface area contributed by atoms with Gasteiger partial charge >= 0.3 is 0 Å². The predicted molar refractivity (Wildman–Crippen MR) is 84.6 cm³/mol. The minimum absolute atomic E-state index is 0.190. The van der Waals surface area contributed by atoms with Crippen LogP contribution in [0.25, 0.3) is 22.8 Å². The summed E-state index contributed by atoms with van der Waals surface area (Å²) in [7, 11) is 0. The zero-order valence-corrected chi connectivity index (χ0v) is 12.7. The lowest BCUT2D eigenvalue weighted by Crippen LogP contribution is -1.92. The summed E-state index contributed by atoms with van der Waals surface area (Å²) in [6, 6.07) is 10.4. The van der Waals surface area contributed by atoms with Gasteiger partial charge in [-0.15, -0.1) is 0 Å². The average molecular weight is 341 g/mol. The summed E-state index contributed by atoms with van der Waals surface area (Å²) in [4.78, 5) is 4.29. The summed E-state index contributed by atoms with van der Waals surface area (Å²) >= 11 is 18.2. The standard InChI is InChI=1S/C14H8Cl3N3O/c15-8-4-2-1-3-7(8)13-19-14(21-20-13)11-9(16)5-6-10(17)12(11)18/h1-6H,18H2. The highest BCUT2D eigenvalue weighted by molar-refractivity contribution is 6.37. The number of benzene rings is 2. The molecule has 0 bridgehead atoms. The summed E-state index contributed by atoms with van der Waals surface area (Å²) in [6.45, 7) is 0. The Morgan fingerprint density at radius 2 is 1.62 bits per heavy atom. The molecule has 0 aliphatic carbocycles. The number of hydrogen-bond acceptors (Lipinski definition) is 4. The lowest BCUT2D eigenvalue weighted by molar-refractivity contribution is 0.432. The van der Waals surface area contributed by atoms with Crippen LogP contribution in [0.5, 0.6) is 0 Å². The van der Waals surface area contributed by atoms with Gasteiger partial charge in [0.25, 0.3) is 5.89 Å². The van der Waals surface area contributed by atoms with Gasteiger partial charge in [-0.3, -0.25) is 0 Å². The fourth-order valence-electron chi connectivity index (χ4n) is 1.86. The van der Waals surface area contributed by atoms with Crippen LogP contribution in [0.15, 0.2) is 40.9 Å². The second-order valence-electron chi connectivity index (χ2n) is 4.22. The first-order valence-corrected chi connectivity index (χ1v) is 7.04. The van der Waals surface area contributed by atoms with E-state index in [1.807, 2.05) is 12.1 Å². The molecule has 0 aliphatic heterocycles. The van der Waals surface area contributed by atoms with Crippen molar-refractivity contribution in [3.63, 3.8) is 0 Å². The average Bonchev–Trinajstić information content (AvgIpc) is 2.93. The number of nitrogens with two attached hydrogens (primary N) is 1. The number of anilines is 1. The molecule has 0 unspecified atom stereocenters. The second-order valence-corrected chi connectivity index (χ2v) is 5.44. The van der Waals surface area contributed by atoms with Gasteiger partial charge in [-0.1, -0.05) is 52.1 Å². The molecular formula is C14H8Cl3N3O. The van der Waals surface area contributed by atoms with Crippen molar-refractivity contribution in [1.29, 1.82) is 0 Å². The number of nitrogen functional groups attached to an aromatic ring is 1. The Bertz CT molecular complexity index is 817. The van der Waals surface area contributed by atoms with Crippen LogP contribution >= 0.6 is 34.8 Å². The van der Waals surface area contributed by atoms with E-state index in [0.717, 1.165) is 0 Å². The molecule has 3 rings (SSSR count). The molecule has 7 heteroatoms. The van der Waals surface area contributed by atoms with E-state index in [0.29, 0.717) is 37.7 Å². The van der Waals surface area contributed by atoms with Gasteiger partial charge in [-0.2, -0.15) is 4.98 Å². The highest BCUT2D eigenvalue weighted by Gasteiger charge is 2.19. The van der Waals surface area contributed by atoms with Crippen LogP contribution in [0.3, 0.4) is 0 Å². The topological polar surface area (TPSA) is 64.9 Å². The van der Waals surface area contributed by atoms with E-state index in [2.05, 4.69) is 10.1 Å². The number of halogens is 3. The molecule has 0 radical (unpaired) electrons. The van der Waals surface area contributed by atoms with E-state index in [1.54, 1.807) is 24.3 Å². The van der Waals surface area contributed by atoms with Crippen molar-refractivity contribution in [1.82, 2.24) is 10.1 Å². The molecule has 0 aliphatic rings. The van der Waals surface area contributed by atoms with Gasteiger partial charge in [0.15, 0.2) is 0 Å². The summed E-state index contributed by atoms with van der Waals surface area (Å²) < 4.78 is 5.23. The quantitative estimate of drug-likeness (QED) is 0.671. The van der Waals surface area contributed by atoms with Crippen LogP contribution < -0.4 is 5.73 Å². The van der Waals surface area contributed by atoms with E-state index in [4.69, 9.17) is 45.1 Å². The van der Waals surface area contributed by atoms with Gasteiger partial charge < -0.3 is 10.3 Å². The first-order valence-electron chi connectivity index (χ1n) is 5.90. The minimum atomic E-state index is 0.190. The fourth-order valence-corrected chi connectivity index (χ4v) is 2.49. The molecule has 2 N–H and O–H groups in total. The van der Waals surface area contributed by atoms with E-state index in [1.165, 1.54) is 0 Å². The Labute approximate surface area is 135 Å². The monoisotopic (exact) mass is 339 g/mol. The Morgan fingerprint density at radius 3 is 2.38 bits per heavy atom. The maximum atomic E-state index is 6.13. The third-order valence-electron chi connectivity index (χ3n) is 2.90. The maximum Gasteiger partial charge on any atom is 0.261 e. The van der Waals surface area contributed by atoms with E-state index in [9.17, 15) is 0 Å². The van der Waals surface area contributed by atoms with Crippen LogP contribution in [0.2, 0.25) is 15.1 Å². The van der Waals surface area contributed by atoms with E-state index in [-0.39, 0.29) is 5.89 Å². The Morgan fingerprint density at radius 1 is 0.905 bits per heavy atom. The highest BCUT2D eigenvalue weighted by atomic mass is 35.5. The van der Waals surface area contributed by atoms with E-state index < -0.39 is 0 Å². The van der Waals surface area contributed by atoms with Crippen molar-refractivity contribution >= 4 is 40.5 Å². The maximum absolute atomic E-state index is 6.13. The number of rotatable bonds is 2. The molecular weight excluding hydrogens is 333 g/mol. The summed E-state index contributed by atoms with van der Waals surface area (Å²) in [6.07, 6.45) is 0. The minimum Gasteiger partial charge on any atom is -0.397 e. The predicted octanol–water partition coefficient (Wildman–Crippen LogP) is 4.95. The van der Waals surface area contributed by atoms with Gasteiger partial charge in [-0.05, 0) is 24.3 Å². The number of nitrogens with zero attached hydrogens (tertiary/aromatic N) is 2. The van der Waals surface area contributed by atoms with Gasteiger partial charge in [0.1, 0.15) is 0 Å². The fraction of sp³-hybridized carbons (Fsp3) is 0. The molecule has 4 nitrogen and oxygen atoms in total. The molecule has 106 valence electrons. The normalized spacial score (nSPS) is 10.8. The molecule has 3 aromatic rings. The lowest BCUT2D eigenvalue weighted by Gasteiger charge is -2.04. The van der Waals surface area contributed by atoms with Crippen molar-refractivity contribution in [2.45, 2.75) is 0 Å². The number of aromatic nitrogens is 2. The van der Waals surface area contributed by atoms with Crippen LogP contribution in [0.1, 0.15) is 0 Å². The molecule has 0 spiro atoms. The van der Waals surface area contributed by atoms with Crippen molar-refractivity contribution in [3.05, 3.63) is 51.5 Å². The Balaban J connectivity index is 2.12. The molecule has 1 heterocycles. The molecule has 2 aromatic carbocycles. The van der Waals surface area contributed by atoms with Crippen LogP contribution in [-0.4, -0.2) is 10.1 Å². The van der Waals surface area contributed by atoms with Crippen molar-refractivity contribution in [2.24, 2.45) is 0 Å². The highest BCUT2D eigenvalue weighted by Crippen LogP contribution is 2.37. The smallest absolute Gasteiger partial charge is 0.261 e. The molecule has 0 saturated heterocycles. The van der Waals surface area contributed by atoms with Crippen LogP contribution in [-0.2, 0) is 0 Å². The third-order valence-corrected chi connectivity index (χ3v) is 3.87. The van der Waals surface area contributed by atoms with Crippen LogP contribution in [0, 0.1) is 0 Å². The van der Waals surface area contributed by atoms with Gasteiger partial charge in [0.2, 0.25) is 5.82 Å².